The van der Waals surface area contributed by atoms with E-state index in [0.717, 1.165) is 18.5 Å². The van der Waals surface area contributed by atoms with Crippen molar-refractivity contribution in [1.29, 1.82) is 0 Å². The van der Waals surface area contributed by atoms with Crippen molar-refractivity contribution in [2.75, 3.05) is 13.1 Å². The van der Waals surface area contributed by atoms with E-state index in [4.69, 9.17) is 0 Å². The van der Waals surface area contributed by atoms with Gasteiger partial charge in [-0.3, -0.25) is 4.79 Å². The monoisotopic (exact) mass is 292 g/mol. The number of hydrogen-bond acceptors (Lipinski definition) is 2. The van der Waals surface area contributed by atoms with Gasteiger partial charge in [-0.1, -0.05) is 32.9 Å². The maximum absolute atomic E-state index is 13.1. The van der Waals surface area contributed by atoms with E-state index in [1.54, 1.807) is 12.1 Å². The van der Waals surface area contributed by atoms with Crippen molar-refractivity contribution >= 4 is 5.91 Å². The summed E-state index contributed by atoms with van der Waals surface area (Å²) in [5.41, 5.74) is 0.436. The summed E-state index contributed by atoms with van der Waals surface area (Å²) < 4.78 is 13.1. The molecule has 1 aromatic carbocycles. The molecule has 1 aliphatic rings. The van der Waals surface area contributed by atoms with E-state index >= 15 is 0 Å². The van der Waals surface area contributed by atoms with E-state index in [-0.39, 0.29) is 28.6 Å². The average Bonchev–Trinajstić information content (AvgIpc) is 2.84. The standard InChI is InChI=1S/C17H25FN2O/c1-16(2,3)14(12-5-7-13(18)8-6-12)20-15(21)17(4)9-10-19-11-17/h5-8,14,19H,9-11H2,1-4H3,(H,20,21). The van der Waals surface area contributed by atoms with Crippen molar-refractivity contribution in [3.05, 3.63) is 35.6 Å². The minimum atomic E-state index is -0.358. The molecule has 0 bridgehead atoms. The van der Waals surface area contributed by atoms with Crippen molar-refractivity contribution < 1.29 is 9.18 Å². The fourth-order valence-electron chi connectivity index (χ4n) is 2.77. The average molecular weight is 292 g/mol. The van der Waals surface area contributed by atoms with Gasteiger partial charge < -0.3 is 10.6 Å². The molecule has 0 saturated carbocycles. The second kappa shape index (κ2) is 5.76. The van der Waals surface area contributed by atoms with Crippen LogP contribution >= 0.6 is 0 Å². The summed E-state index contributed by atoms with van der Waals surface area (Å²) >= 11 is 0. The van der Waals surface area contributed by atoms with Crippen LogP contribution in [0.1, 0.15) is 45.7 Å². The highest BCUT2D eigenvalue weighted by Crippen LogP contribution is 2.35. The molecule has 0 spiro atoms. The lowest BCUT2D eigenvalue weighted by Crippen LogP contribution is -2.45. The van der Waals surface area contributed by atoms with Crippen molar-refractivity contribution in [2.45, 2.75) is 40.2 Å². The Morgan fingerprint density at radius 1 is 1.33 bits per heavy atom. The summed E-state index contributed by atoms with van der Waals surface area (Å²) in [7, 11) is 0. The van der Waals surface area contributed by atoms with Gasteiger partial charge in [0.15, 0.2) is 0 Å². The summed E-state index contributed by atoms with van der Waals surface area (Å²) in [6.45, 7) is 9.82. The summed E-state index contributed by atoms with van der Waals surface area (Å²) in [5, 5.41) is 6.42. The van der Waals surface area contributed by atoms with Crippen LogP contribution in [0.4, 0.5) is 4.39 Å². The van der Waals surface area contributed by atoms with Gasteiger partial charge in [-0.05, 0) is 43.0 Å². The van der Waals surface area contributed by atoms with Crippen LogP contribution in [0.25, 0.3) is 0 Å². The lowest BCUT2D eigenvalue weighted by molar-refractivity contribution is -0.130. The van der Waals surface area contributed by atoms with E-state index in [1.807, 2.05) is 6.92 Å². The molecule has 2 atom stereocenters. The van der Waals surface area contributed by atoms with Gasteiger partial charge in [0.1, 0.15) is 5.82 Å². The molecule has 0 aliphatic carbocycles. The van der Waals surface area contributed by atoms with E-state index in [0.29, 0.717) is 6.54 Å². The Kier molecular flexibility index (Phi) is 4.38. The first-order valence-electron chi connectivity index (χ1n) is 7.49. The summed E-state index contributed by atoms with van der Waals surface area (Å²) in [5.74, 6) is -0.193. The van der Waals surface area contributed by atoms with Gasteiger partial charge in [0, 0.05) is 6.54 Å². The predicted octanol–water partition coefficient (Wildman–Crippen LogP) is 3.03. The van der Waals surface area contributed by atoms with Gasteiger partial charge >= 0.3 is 0 Å². The number of carbonyl (C=O) groups is 1. The second-order valence-electron chi connectivity index (χ2n) is 7.31. The predicted molar refractivity (Wildman–Crippen MR) is 82.3 cm³/mol. The van der Waals surface area contributed by atoms with Gasteiger partial charge in [0.2, 0.25) is 5.91 Å². The van der Waals surface area contributed by atoms with Crippen LogP contribution in [0.15, 0.2) is 24.3 Å². The first kappa shape index (κ1) is 16.0. The molecule has 2 N–H and O–H groups in total. The number of benzene rings is 1. The van der Waals surface area contributed by atoms with E-state index < -0.39 is 0 Å². The molecule has 1 heterocycles. The molecule has 3 nitrogen and oxygen atoms in total. The lowest BCUT2D eigenvalue weighted by atomic mass is 9.80. The van der Waals surface area contributed by atoms with Crippen LogP contribution in [0.3, 0.4) is 0 Å². The smallest absolute Gasteiger partial charge is 0.227 e. The van der Waals surface area contributed by atoms with Gasteiger partial charge in [-0.15, -0.1) is 0 Å². The second-order valence-corrected chi connectivity index (χ2v) is 7.31. The fourth-order valence-corrected chi connectivity index (χ4v) is 2.77. The third kappa shape index (κ3) is 3.62. The molecule has 0 aromatic heterocycles. The number of rotatable bonds is 3. The van der Waals surface area contributed by atoms with Crippen molar-refractivity contribution in [2.24, 2.45) is 10.8 Å². The lowest BCUT2D eigenvalue weighted by Gasteiger charge is -2.35. The SMILES string of the molecule is CC1(C(=O)NC(c2ccc(F)cc2)C(C)(C)C)CCNC1. The third-order valence-corrected chi connectivity index (χ3v) is 4.26. The van der Waals surface area contributed by atoms with E-state index in [1.165, 1.54) is 12.1 Å². The zero-order valence-electron chi connectivity index (χ0n) is 13.3. The summed E-state index contributed by atoms with van der Waals surface area (Å²) in [4.78, 5) is 12.6. The molecule has 1 aliphatic heterocycles. The third-order valence-electron chi connectivity index (χ3n) is 4.26. The minimum absolute atomic E-state index is 0.0664. The number of nitrogens with one attached hydrogen (secondary N) is 2. The van der Waals surface area contributed by atoms with Gasteiger partial charge in [-0.25, -0.2) is 4.39 Å². The Morgan fingerprint density at radius 2 is 1.95 bits per heavy atom. The topological polar surface area (TPSA) is 41.1 Å². The molecule has 2 unspecified atom stereocenters. The maximum Gasteiger partial charge on any atom is 0.227 e. The first-order valence-corrected chi connectivity index (χ1v) is 7.49. The number of carbonyl (C=O) groups excluding carboxylic acids is 1. The van der Waals surface area contributed by atoms with Crippen molar-refractivity contribution in [3.63, 3.8) is 0 Å². The van der Waals surface area contributed by atoms with E-state index in [9.17, 15) is 9.18 Å². The van der Waals surface area contributed by atoms with Gasteiger partial charge in [0.05, 0.1) is 11.5 Å². The van der Waals surface area contributed by atoms with Crippen molar-refractivity contribution in [1.82, 2.24) is 10.6 Å². The summed E-state index contributed by atoms with van der Waals surface area (Å²) in [6.07, 6.45) is 0.846. The molecule has 1 amide bonds. The molecular weight excluding hydrogens is 267 g/mol. The van der Waals surface area contributed by atoms with Gasteiger partial charge in [-0.2, -0.15) is 0 Å². The van der Waals surface area contributed by atoms with Crippen LogP contribution in [0.5, 0.6) is 0 Å². The van der Waals surface area contributed by atoms with Crippen LogP contribution in [0.2, 0.25) is 0 Å². The highest BCUT2D eigenvalue weighted by molar-refractivity contribution is 5.83. The van der Waals surface area contributed by atoms with Crippen LogP contribution < -0.4 is 10.6 Å². The molecule has 1 fully saturated rings. The molecule has 4 heteroatoms. The van der Waals surface area contributed by atoms with E-state index in [2.05, 4.69) is 31.4 Å². The number of halogens is 1. The molecule has 1 aromatic rings. The zero-order chi connectivity index (χ0) is 15.7. The minimum Gasteiger partial charge on any atom is -0.348 e. The van der Waals surface area contributed by atoms with Crippen LogP contribution in [0, 0.1) is 16.6 Å². The highest BCUT2D eigenvalue weighted by Gasteiger charge is 2.39. The molecule has 2 rings (SSSR count). The fraction of sp³-hybridized carbons (Fsp3) is 0.588. The van der Waals surface area contributed by atoms with Crippen LogP contribution in [-0.2, 0) is 4.79 Å². The zero-order valence-corrected chi connectivity index (χ0v) is 13.3. The Bertz CT molecular complexity index is 499. The first-order chi connectivity index (χ1) is 9.72. The van der Waals surface area contributed by atoms with Crippen LogP contribution in [-0.4, -0.2) is 19.0 Å². The molecule has 116 valence electrons. The molecule has 0 radical (unpaired) electrons. The Morgan fingerprint density at radius 3 is 2.43 bits per heavy atom. The quantitative estimate of drug-likeness (QED) is 0.899. The summed E-state index contributed by atoms with van der Waals surface area (Å²) in [6, 6.07) is 6.25. The molecular formula is C17H25FN2O. The number of amides is 1. The largest absolute Gasteiger partial charge is 0.348 e. The Balaban J connectivity index is 2.21. The van der Waals surface area contributed by atoms with Gasteiger partial charge in [0.25, 0.3) is 0 Å². The maximum atomic E-state index is 13.1. The van der Waals surface area contributed by atoms with Crippen molar-refractivity contribution in [3.8, 4) is 0 Å². The molecule has 1 saturated heterocycles. The number of hydrogen-bond donors (Lipinski definition) is 2. The highest BCUT2D eigenvalue weighted by atomic mass is 19.1. The normalized spacial score (nSPS) is 23.9. The Hall–Kier alpha value is -1.42. The Labute approximate surface area is 126 Å². The molecule has 21 heavy (non-hydrogen) atoms.